The number of amides is 1. The molecule has 1 heterocycles. The normalized spacial score (nSPS) is 10.7. The standard InChI is InChI=1S/C19H18ClNO3S/c1-3-10-24-15-7-5-4-6-14(15)21-19(22)18-17(20)13-11-12(23-2)8-9-16(13)25-18/h4-9,11H,3,10H2,1-2H3,(H,21,22). The Morgan fingerprint density at radius 1 is 1.24 bits per heavy atom. The first kappa shape index (κ1) is 17.6. The molecule has 0 saturated carbocycles. The summed E-state index contributed by atoms with van der Waals surface area (Å²) in [7, 11) is 1.60. The zero-order chi connectivity index (χ0) is 17.8. The third-order valence-corrected chi connectivity index (χ3v) is 5.31. The molecule has 0 radical (unpaired) electrons. The second-order valence-electron chi connectivity index (χ2n) is 5.41. The van der Waals surface area contributed by atoms with Crippen molar-refractivity contribution in [2.45, 2.75) is 13.3 Å². The number of nitrogens with one attached hydrogen (secondary N) is 1. The maximum atomic E-state index is 12.7. The molecule has 0 bridgehead atoms. The molecule has 2 aromatic carbocycles. The summed E-state index contributed by atoms with van der Waals surface area (Å²) in [6.45, 7) is 2.63. The summed E-state index contributed by atoms with van der Waals surface area (Å²) in [6, 6.07) is 13.0. The van der Waals surface area contributed by atoms with Gasteiger partial charge in [-0.05, 0) is 36.8 Å². The van der Waals surface area contributed by atoms with E-state index in [1.54, 1.807) is 7.11 Å². The van der Waals surface area contributed by atoms with Gasteiger partial charge in [-0.1, -0.05) is 30.7 Å². The Kier molecular flexibility index (Phi) is 5.46. The van der Waals surface area contributed by atoms with Crippen LogP contribution in [0.4, 0.5) is 5.69 Å². The van der Waals surface area contributed by atoms with Crippen LogP contribution in [0.1, 0.15) is 23.0 Å². The van der Waals surface area contributed by atoms with E-state index in [1.807, 2.05) is 49.4 Å². The van der Waals surface area contributed by atoms with Gasteiger partial charge in [0.2, 0.25) is 0 Å². The topological polar surface area (TPSA) is 47.6 Å². The largest absolute Gasteiger partial charge is 0.497 e. The van der Waals surface area contributed by atoms with Crippen LogP contribution in [0.2, 0.25) is 5.02 Å². The maximum absolute atomic E-state index is 12.7. The van der Waals surface area contributed by atoms with Crippen LogP contribution in [0, 0.1) is 0 Å². The molecule has 3 rings (SSSR count). The molecule has 1 aromatic heterocycles. The highest BCUT2D eigenvalue weighted by atomic mass is 35.5. The van der Waals surface area contributed by atoms with Crippen molar-refractivity contribution in [1.82, 2.24) is 0 Å². The Hall–Kier alpha value is -2.24. The summed E-state index contributed by atoms with van der Waals surface area (Å²) in [4.78, 5) is 13.2. The maximum Gasteiger partial charge on any atom is 0.267 e. The lowest BCUT2D eigenvalue weighted by molar-refractivity contribution is 0.103. The van der Waals surface area contributed by atoms with Crippen LogP contribution >= 0.6 is 22.9 Å². The smallest absolute Gasteiger partial charge is 0.267 e. The van der Waals surface area contributed by atoms with E-state index in [0.717, 1.165) is 16.5 Å². The van der Waals surface area contributed by atoms with Gasteiger partial charge in [-0.3, -0.25) is 4.79 Å². The highest BCUT2D eigenvalue weighted by Gasteiger charge is 2.19. The number of halogens is 1. The number of ether oxygens (including phenoxy) is 2. The number of hydrogen-bond donors (Lipinski definition) is 1. The molecule has 0 aliphatic heterocycles. The van der Waals surface area contributed by atoms with Gasteiger partial charge in [0, 0.05) is 10.1 Å². The Bertz CT molecular complexity index is 907. The number of anilines is 1. The van der Waals surface area contributed by atoms with E-state index in [0.29, 0.717) is 33.7 Å². The second-order valence-corrected chi connectivity index (χ2v) is 6.84. The van der Waals surface area contributed by atoms with Gasteiger partial charge in [0.05, 0.1) is 24.4 Å². The molecule has 0 fully saturated rings. The monoisotopic (exact) mass is 375 g/mol. The van der Waals surface area contributed by atoms with Crippen molar-refractivity contribution in [2.24, 2.45) is 0 Å². The SMILES string of the molecule is CCCOc1ccccc1NC(=O)c1sc2ccc(OC)cc2c1Cl. The van der Waals surface area contributed by atoms with Gasteiger partial charge in [-0.2, -0.15) is 0 Å². The summed E-state index contributed by atoms with van der Waals surface area (Å²) >= 11 is 7.79. The molecule has 0 unspecified atom stereocenters. The minimum Gasteiger partial charge on any atom is -0.497 e. The number of carbonyl (C=O) groups is 1. The zero-order valence-corrected chi connectivity index (χ0v) is 15.5. The quantitative estimate of drug-likeness (QED) is 0.609. The fourth-order valence-electron chi connectivity index (χ4n) is 2.41. The molecule has 1 amide bonds. The van der Waals surface area contributed by atoms with E-state index in [4.69, 9.17) is 21.1 Å². The molecule has 25 heavy (non-hydrogen) atoms. The van der Waals surface area contributed by atoms with E-state index in [1.165, 1.54) is 11.3 Å². The third kappa shape index (κ3) is 3.72. The van der Waals surface area contributed by atoms with Gasteiger partial charge in [0.25, 0.3) is 5.91 Å². The number of para-hydroxylation sites is 2. The van der Waals surface area contributed by atoms with Crippen molar-refractivity contribution in [2.75, 3.05) is 19.0 Å². The van der Waals surface area contributed by atoms with Crippen molar-refractivity contribution >= 4 is 44.6 Å². The summed E-state index contributed by atoms with van der Waals surface area (Å²) in [5, 5.41) is 4.14. The first-order valence-electron chi connectivity index (χ1n) is 7.93. The molecule has 130 valence electrons. The highest BCUT2D eigenvalue weighted by molar-refractivity contribution is 7.21. The predicted octanol–water partition coefficient (Wildman–Crippen LogP) is 5.60. The Morgan fingerprint density at radius 3 is 2.80 bits per heavy atom. The van der Waals surface area contributed by atoms with Crippen LogP contribution in [-0.4, -0.2) is 19.6 Å². The van der Waals surface area contributed by atoms with Gasteiger partial charge in [-0.15, -0.1) is 11.3 Å². The van der Waals surface area contributed by atoms with Crippen LogP contribution in [-0.2, 0) is 0 Å². The molecule has 1 N–H and O–H groups in total. The molecule has 3 aromatic rings. The average Bonchev–Trinajstić information content (AvgIpc) is 2.97. The minimum absolute atomic E-state index is 0.252. The molecule has 0 atom stereocenters. The Morgan fingerprint density at radius 2 is 2.04 bits per heavy atom. The number of hydrogen-bond acceptors (Lipinski definition) is 4. The molecule has 4 nitrogen and oxygen atoms in total. The molecule has 0 spiro atoms. The van der Waals surface area contributed by atoms with Crippen molar-refractivity contribution in [1.29, 1.82) is 0 Å². The van der Waals surface area contributed by atoms with Crippen LogP contribution < -0.4 is 14.8 Å². The number of benzene rings is 2. The molecule has 0 aliphatic carbocycles. The van der Waals surface area contributed by atoms with Gasteiger partial charge in [0.1, 0.15) is 16.4 Å². The average molecular weight is 376 g/mol. The number of rotatable bonds is 6. The fourth-order valence-corrected chi connectivity index (χ4v) is 3.79. The zero-order valence-electron chi connectivity index (χ0n) is 14.0. The molecule has 6 heteroatoms. The van der Waals surface area contributed by atoms with Gasteiger partial charge in [-0.25, -0.2) is 0 Å². The molecule has 0 saturated heterocycles. The lowest BCUT2D eigenvalue weighted by Crippen LogP contribution is -2.12. The number of carbonyl (C=O) groups excluding carboxylic acids is 1. The predicted molar refractivity (Wildman–Crippen MR) is 104 cm³/mol. The summed E-state index contributed by atoms with van der Waals surface area (Å²) in [5.74, 6) is 1.10. The fraction of sp³-hybridized carbons (Fsp3) is 0.211. The second kappa shape index (κ2) is 7.76. The Balaban J connectivity index is 1.89. The van der Waals surface area contributed by atoms with Crippen LogP contribution in [0.3, 0.4) is 0 Å². The van der Waals surface area contributed by atoms with Crippen LogP contribution in [0.15, 0.2) is 42.5 Å². The number of methoxy groups -OCH3 is 1. The first-order chi connectivity index (χ1) is 12.1. The van der Waals surface area contributed by atoms with Gasteiger partial charge < -0.3 is 14.8 Å². The van der Waals surface area contributed by atoms with Crippen molar-refractivity contribution in [3.63, 3.8) is 0 Å². The van der Waals surface area contributed by atoms with Crippen molar-refractivity contribution < 1.29 is 14.3 Å². The summed E-state index contributed by atoms with van der Waals surface area (Å²) in [5.41, 5.74) is 0.632. The first-order valence-corrected chi connectivity index (χ1v) is 9.12. The van der Waals surface area contributed by atoms with Gasteiger partial charge in [0.15, 0.2) is 0 Å². The van der Waals surface area contributed by atoms with Crippen molar-refractivity contribution in [3.05, 3.63) is 52.4 Å². The number of fused-ring (bicyclic) bond motifs is 1. The molecule has 0 aliphatic rings. The highest BCUT2D eigenvalue weighted by Crippen LogP contribution is 2.38. The molecular weight excluding hydrogens is 358 g/mol. The third-order valence-electron chi connectivity index (χ3n) is 3.64. The van der Waals surface area contributed by atoms with E-state index in [-0.39, 0.29) is 5.91 Å². The summed E-state index contributed by atoms with van der Waals surface area (Å²) in [6.07, 6.45) is 0.895. The van der Waals surface area contributed by atoms with Crippen molar-refractivity contribution in [3.8, 4) is 11.5 Å². The van der Waals surface area contributed by atoms with E-state index in [9.17, 15) is 4.79 Å². The summed E-state index contributed by atoms with van der Waals surface area (Å²) < 4.78 is 11.8. The van der Waals surface area contributed by atoms with Gasteiger partial charge >= 0.3 is 0 Å². The number of thiophene rings is 1. The van der Waals surface area contributed by atoms with E-state index in [2.05, 4.69) is 5.32 Å². The lowest BCUT2D eigenvalue weighted by atomic mass is 10.2. The molecular formula is C19H18ClNO3S. The lowest BCUT2D eigenvalue weighted by Gasteiger charge is -2.11. The van der Waals surface area contributed by atoms with Crippen LogP contribution in [0.25, 0.3) is 10.1 Å². The Labute approximate surface area is 155 Å². The van der Waals surface area contributed by atoms with E-state index < -0.39 is 0 Å². The van der Waals surface area contributed by atoms with Crippen LogP contribution in [0.5, 0.6) is 11.5 Å². The van der Waals surface area contributed by atoms with E-state index >= 15 is 0 Å². The minimum atomic E-state index is -0.252.